The van der Waals surface area contributed by atoms with E-state index in [0.29, 0.717) is 6.04 Å². The lowest BCUT2D eigenvalue weighted by Gasteiger charge is -2.27. The lowest BCUT2D eigenvalue weighted by atomic mass is 9.85. The summed E-state index contributed by atoms with van der Waals surface area (Å²) in [5, 5.41) is 6.18. The third-order valence-electron chi connectivity index (χ3n) is 4.54. The van der Waals surface area contributed by atoms with E-state index in [1.807, 2.05) is 0 Å². The van der Waals surface area contributed by atoms with Gasteiger partial charge in [-0.1, -0.05) is 36.4 Å². The number of amides is 1. The van der Waals surface area contributed by atoms with Crippen molar-refractivity contribution in [2.75, 3.05) is 0 Å². The Hall–Kier alpha value is -1.87. The predicted molar refractivity (Wildman–Crippen MR) is 85.7 cm³/mol. The summed E-state index contributed by atoms with van der Waals surface area (Å²) >= 11 is 0. The standard InChI is InChI=1S/C18H22N2O/c19-18(21)15-7-9-17(10-8-15)20-12-13-5-6-14-3-1-2-4-16(14)11-13/h1-6,11,15,17,20H,7-10,12H2,(H2,19,21). The Kier molecular flexibility index (Phi) is 4.20. The number of carbonyl (C=O) groups is 1. The predicted octanol–water partition coefficient (Wildman–Crippen LogP) is 2.97. The van der Waals surface area contributed by atoms with Gasteiger partial charge in [0.05, 0.1) is 0 Å². The zero-order valence-electron chi connectivity index (χ0n) is 12.2. The second-order valence-electron chi connectivity index (χ2n) is 6.01. The number of hydrogen-bond acceptors (Lipinski definition) is 2. The summed E-state index contributed by atoms with van der Waals surface area (Å²) < 4.78 is 0. The molecule has 3 heteroatoms. The van der Waals surface area contributed by atoms with Gasteiger partial charge in [-0.05, 0) is 48.1 Å². The first-order valence-electron chi connectivity index (χ1n) is 7.73. The number of fused-ring (bicyclic) bond motifs is 1. The minimum absolute atomic E-state index is 0.0868. The maximum atomic E-state index is 11.2. The first kappa shape index (κ1) is 14.1. The number of rotatable bonds is 4. The Morgan fingerprint density at radius 1 is 1.05 bits per heavy atom. The van der Waals surface area contributed by atoms with Crippen LogP contribution in [-0.4, -0.2) is 11.9 Å². The number of carbonyl (C=O) groups excluding carboxylic acids is 1. The van der Waals surface area contributed by atoms with E-state index in [2.05, 4.69) is 47.8 Å². The lowest BCUT2D eigenvalue weighted by Crippen LogP contribution is -2.36. The minimum atomic E-state index is -0.136. The van der Waals surface area contributed by atoms with E-state index in [1.54, 1.807) is 0 Å². The van der Waals surface area contributed by atoms with Crippen LogP contribution < -0.4 is 11.1 Å². The summed E-state index contributed by atoms with van der Waals surface area (Å²) in [5.41, 5.74) is 6.68. The van der Waals surface area contributed by atoms with Gasteiger partial charge in [0.25, 0.3) is 0 Å². The number of hydrogen-bond donors (Lipinski definition) is 2. The molecule has 0 unspecified atom stereocenters. The van der Waals surface area contributed by atoms with Gasteiger partial charge in [0.1, 0.15) is 0 Å². The minimum Gasteiger partial charge on any atom is -0.369 e. The molecule has 0 spiro atoms. The second kappa shape index (κ2) is 6.27. The normalized spacial score (nSPS) is 22.3. The van der Waals surface area contributed by atoms with Gasteiger partial charge in [-0.15, -0.1) is 0 Å². The first-order chi connectivity index (χ1) is 10.2. The molecule has 0 saturated heterocycles. The molecule has 1 saturated carbocycles. The molecule has 3 N–H and O–H groups in total. The van der Waals surface area contributed by atoms with Crippen LogP contribution >= 0.6 is 0 Å². The highest BCUT2D eigenvalue weighted by Gasteiger charge is 2.24. The molecule has 0 aliphatic heterocycles. The van der Waals surface area contributed by atoms with Gasteiger partial charge >= 0.3 is 0 Å². The summed E-state index contributed by atoms with van der Waals surface area (Å²) in [4.78, 5) is 11.2. The van der Waals surface area contributed by atoms with E-state index in [-0.39, 0.29) is 11.8 Å². The Morgan fingerprint density at radius 3 is 2.48 bits per heavy atom. The van der Waals surface area contributed by atoms with Gasteiger partial charge in [-0.3, -0.25) is 4.79 Å². The zero-order chi connectivity index (χ0) is 14.7. The van der Waals surface area contributed by atoms with E-state index in [0.717, 1.165) is 32.2 Å². The van der Waals surface area contributed by atoms with E-state index in [1.165, 1.54) is 16.3 Å². The van der Waals surface area contributed by atoms with Gasteiger partial charge in [-0.25, -0.2) is 0 Å². The average molecular weight is 282 g/mol. The maximum absolute atomic E-state index is 11.2. The molecule has 0 bridgehead atoms. The smallest absolute Gasteiger partial charge is 0.220 e. The Balaban J connectivity index is 1.56. The van der Waals surface area contributed by atoms with Gasteiger partial charge in [-0.2, -0.15) is 0 Å². The first-order valence-corrected chi connectivity index (χ1v) is 7.73. The van der Waals surface area contributed by atoms with Gasteiger partial charge in [0, 0.05) is 18.5 Å². The van der Waals surface area contributed by atoms with Gasteiger partial charge < -0.3 is 11.1 Å². The summed E-state index contributed by atoms with van der Waals surface area (Å²) in [6.07, 6.45) is 3.93. The van der Waals surface area contributed by atoms with E-state index < -0.39 is 0 Å². The maximum Gasteiger partial charge on any atom is 0.220 e. The SMILES string of the molecule is NC(=O)C1CCC(NCc2ccc3ccccc3c2)CC1. The van der Waals surface area contributed by atoms with Gasteiger partial charge in [0.2, 0.25) is 5.91 Å². The van der Waals surface area contributed by atoms with Crippen LogP contribution in [0.15, 0.2) is 42.5 Å². The van der Waals surface area contributed by atoms with Crippen molar-refractivity contribution in [2.24, 2.45) is 11.7 Å². The molecule has 110 valence electrons. The molecule has 21 heavy (non-hydrogen) atoms. The average Bonchev–Trinajstić information content (AvgIpc) is 2.53. The molecule has 1 amide bonds. The molecule has 0 heterocycles. The van der Waals surface area contributed by atoms with Crippen LogP contribution in [-0.2, 0) is 11.3 Å². The van der Waals surface area contributed by atoms with E-state index in [9.17, 15) is 4.79 Å². The molecule has 2 aromatic rings. The molecule has 1 aliphatic rings. The fourth-order valence-corrected chi connectivity index (χ4v) is 3.19. The van der Waals surface area contributed by atoms with Crippen molar-refractivity contribution in [1.82, 2.24) is 5.32 Å². The summed E-state index contributed by atoms with van der Waals surface area (Å²) in [6, 6.07) is 15.5. The van der Waals surface area contributed by atoms with Crippen LogP contribution in [0.4, 0.5) is 0 Å². The fraction of sp³-hybridized carbons (Fsp3) is 0.389. The molecular weight excluding hydrogens is 260 g/mol. The monoisotopic (exact) mass is 282 g/mol. The highest BCUT2D eigenvalue weighted by atomic mass is 16.1. The van der Waals surface area contributed by atoms with Crippen LogP contribution in [0.2, 0.25) is 0 Å². The summed E-state index contributed by atoms with van der Waals surface area (Å²) in [7, 11) is 0. The largest absolute Gasteiger partial charge is 0.369 e. The zero-order valence-corrected chi connectivity index (χ0v) is 12.2. The molecule has 1 fully saturated rings. The van der Waals surface area contributed by atoms with Crippen molar-refractivity contribution < 1.29 is 4.79 Å². The van der Waals surface area contributed by atoms with E-state index in [4.69, 9.17) is 5.73 Å². The fourth-order valence-electron chi connectivity index (χ4n) is 3.19. The van der Waals surface area contributed by atoms with Crippen molar-refractivity contribution in [2.45, 2.75) is 38.3 Å². The van der Waals surface area contributed by atoms with Crippen molar-refractivity contribution in [1.29, 1.82) is 0 Å². The molecule has 3 rings (SSSR count). The van der Waals surface area contributed by atoms with Crippen LogP contribution in [0.3, 0.4) is 0 Å². The quantitative estimate of drug-likeness (QED) is 0.905. The third-order valence-corrected chi connectivity index (χ3v) is 4.54. The summed E-state index contributed by atoms with van der Waals surface area (Å²) in [5.74, 6) is -0.0494. The lowest BCUT2D eigenvalue weighted by molar-refractivity contribution is -0.122. The van der Waals surface area contributed by atoms with Crippen molar-refractivity contribution in [3.05, 3.63) is 48.0 Å². The Labute approximate surface area is 125 Å². The molecule has 0 atom stereocenters. The van der Waals surface area contributed by atoms with Crippen LogP contribution in [0.5, 0.6) is 0 Å². The molecule has 3 nitrogen and oxygen atoms in total. The highest BCUT2D eigenvalue weighted by molar-refractivity contribution is 5.83. The number of nitrogens with two attached hydrogens (primary N) is 1. The van der Waals surface area contributed by atoms with Gasteiger partial charge in [0.15, 0.2) is 0 Å². The molecular formula is C18H22N2O. The molecule has 0 radical (unpaired) electrons. The van der Waals surface area contributed by atoms with Crippen LogP contribution in [0.25, 0.3) is 10.8 Å². The third kappa shape index (κ3) is 3.42. The number of benzene rings is 2. The Morgan fingerprint density at radius 2 is 1.76 bits per heavy atom. The second-order valence-corrected chi connectivity index (χ2v) is 6.01. The molecule has 1 aliphatic carbocycles. The topological polar surface area (TPSA) is 55.1 Å². The van der Waals surface area contributed by atoms with E-state index >= 15 is 0 Å². The molecule has 0 aromatic heterocycles. The Bertz CT molecular complexity index is 630. The van der Waals surface area contributed by atoms with Crippen molar-refractivity contribution >= 4 is 16.7 Å². The molecule has 2 aromatic carbocycles. The highest BCUT2D eigenvalue weighted by Crippen LogP contribution is 2.24. The summed E-state index contributed by atoms with van der Waals surface area (Å²) in [6.45, 7) is 0.886. The van der Waals surface area contributed by atoms with Crippen LogP contribution in [0, 0.1) is 5.92 Å². The van der Waals surface area contributed by atoms with Crippen molar-refractivity contribution in [3.8, 4) is 0 Å². The number of nitrogens with one attached hydrogen (secondary N) is 1. The number of primary amides is 1. The van der Waals surface area contributed by atoms with Crippen molar-refractivity contribution in [3.63, 3.8) is 0 Å². The van der Waals surface area contributed by atoms with Crippen LogP contribution in [0.1, 0.15) is 31.2 Å².